The van der Waals surface area contributed by atoms with Gasteiger partial charge in [-0.15, -0.1) is 11.3 Å². The third-order valence-electron chi connectivity index (χ3n) is 5.59. The number of carbonyl (C=O) groups is 3. The van der Waals surface area contributed by atoms with E-state index in [0.29, 0.717) is 22.7 Å². The maximum atomic E-state index is 13.2. The maximum Gasteiger partial charge on any atom is 0.411 e. The number of hydrogen-bond acceptors (Lipinski definition) is 5. The zero-order chi connectivity index (χ0) is 24.1. The second-order valence-electron chi connectivity index (χ2n) is 8.21. The summed E-state index contributed by atoms with van der Waals surface area (Å²) >= 11 is 1.35. The number of cyclic esters (lactones) is 1. The fourth-order valence-electron chi connectivity index (χ4n) is 3.85. The van der Waals surface area contributed by atoms with Gasteiger partial charge in [-0.05, 0) is 48.1 Å². The Hall–Kier alpha value is -3.65. The molecule has 176 valence electrons. The number of aryl methyl sites for hydroxylation is 1. The van der Waals surface area contributed by atoms with E-state index in [2.05, 4.69) is 10.6 Å². The van der Waals surface area contributed by atoms with Gasteiger partial charge in [0, 0.05) is 12.2 Å². The number of ether oxygens (including phenoxy) is 1. The van der Waals surface area contributed by atoms with Crippen molar-refractivity contribution in [2.24, 2.45) is 0 Å². The average Bonchev–Trinajstić information content (AvgIpc) is 3.48. The fraction of sp³-hybridized carbons (Fsp3) is 0.269. The number of thiophene rings is 1. The largest absolute Gasteiger partial charge is 0.438 e. The molecule has 3 aromatic rings. The Morgan fingerprint density at radius 2 is 1.88 bits per heavy atom. The van der Waals surface area contributed by atoms with E-state index in [1.54, 1.807) is 30.3 Å². The van der Waals surface area contributed by atoms with Crippen molar-refractivity contribution in [1.29, 1.82) is 0 Å². The van der Waals surface area contributed by atoms with Gasteiger partial charge >= 0.3 is 6.09 Å². The van der Waals surface area contributed by atoms with Crippen LogP contribution in [0.15, 0.2) is 66.0 Å². The lowest BCUT2D eigenvalue weighted by Crippen LogP contribution is -2.46. The van der Waals surface area contributed by atoms with Crippen LogP contribution in [-0.4, -0.2) is 35.4 Å². The Morgan fingerprint density at radius 3 is 2.59 bits per heavy atom. The molecule has 2 unspecified atom stereocenters. The highest BCUT2D eigenvalue weighted by atomic mass is 32.1. The van der Waals surface area contributed by atoms with E-state index in [0.717, 1.165) is 17.5 Å². The highest BCUT2D eigenvalue weighted by Crippen LogP contribution is 2.35. The van der Waals surface area contributed by atoms with Crippen molar-refractivity contribution in [2.75, 3.05) is 11.9 Å². The van der Waals surface area contributed by atoms with Crippen molar-refractivity contribution in [3.63, 3.8) is 0 Å². The molecule has 1 aromatic heterocycles. The first kappa shape index (κ1) is 23.5. The molecule has 4 rings (SSSR count). The van der Waals surface area contributed by atoms with Gasteiger partial charge in [-0.25, -0.2) is 4.79 Å². The third-order valence-corrected chi connectivity index (χ3v) is 6.46. The Kier molecular flexibility index (Phi) is 7.27. The number of hydrogen-bond donors (Lipinski definition) is 2. The number of benzene rings is 2. The van der Waals surface area contributed by atoms with Crippen LogP contribution in [0.5, 0.6) is 0 Å². The molecule has 2 heterocycles. The third kappa shape index (κ3) is 5.28. The zero-order valence-corrected chi connectivity index (χ0v) is 19.9. The highest BCUT2D eigenvalue weighted by Gasteiger charge is 2.46. The smallest absolute Gasteiger partial charge is 0.411 e. The van der Waals surface area contributed by atoms with E-state index in [4.69, 9.17) is 4.74 Å². The molecule has 34 heavy (non-hydrogen) atoms. The monoisotopic (exact) mass is 477 g/mol. The molecule has 1 aliphatic rings. The van der Waals surface area contributed by atoms with Crippen molar-refractivity contribution in [1.82, 2.24) is 10.2 Å². The van der Waals surface area contributed by atoms with Gasteiger partial charge in [0.2, 0.25) is 5.91 Å². The minimum atomic E-state index is -0.830. The van der Waals surface area contributed by atoms with E-state index in [-0.39, 0.29) is 18.4 Å². The highest BCUT2D eigenvalue weighted by molar-refractivity contribution is 7.12. The molecule has 0 aliphatic carbocycles. The summed E-state index contributed by atoms with van der Waals surface area (Å²) in [6.07, 6.45) is -0.566. The zero-order valence-electron chi connectivity index (χ0n) is 19.1. The van der Waals surface area contributed by atoms with Gasteiger partial charge in [-0.2, -0.15) is 0 Å². The summed E-state index contributed by atoms with van der Waals surface area (Å²) in [6.45, 7) is 4.73. The summed E-state index contributed by atoms with van der Waals surface area (Å²) < 4.78 is 5.72. The SMILES string of the molecule is CCCNC(=O)C1C(c2cccc(NC(=O)c3cccs3)c2)OC(=O)N1Cc1ccc(C)cc1. The van der Waals surface area contributed by atoms with Gasteiger partial charge in [-0.3, -0.25) is 14.5 Å². The number of rotatable bonds is 8. The molecule has 2 atom stereocenters. The lowest BCUT2D eigenvalue weighted by Gasteiger charge is -2.24. The standard InChI is InChI=1S/C26H27N3O4S/c1-3-13-27-25(31)22-23(33-26(32)29(22)16-18-11-9-17(2)10-12-18)19-6-4-7-20(15-19)28-24(30)21-8-5-14-34-21/h4-12,14-15,22-23H,3,13,16H2,1-2H3,(H,27,31)(H,28,30). The lowest BCUT2D eigenvalue weighted by molar-refractivity contribution is -0.126. The Bertz CT molecular complexity index is 1160. The number of anilines is 1. The second-order valence-corrected chi connectivity index (χ2v) is 9.16. The molecule has 3 amide bonds. The fourth-order valence-corrected chi connectivity index (χ4v) is 4.47. The van der Waals surface area contributed by atoms with Gasteiger partial charge in [-0.1, -0.05) is 55.0 Å². The van der Waals surface area contributed by atoms with Crippen molar-refractivity contribution in [2.45, 2.75) is 39.0 Å². The molecule has 8 heteroatoms. The second kappa shape index (κ2) is 10.5. The summed E-state index contributed by atoms with van der Waals surface area (Å²) in [5.74, 6) is -0.480. The van der Waals surface area contributed by atoms with Crippen LogP contribution in [0.2, 0.25) is 0 Å². The van der Waals surface area contributed by atoms with Crippen LogP contribution >= 0.6 is 11.3 Å². The Balaban J connectivity index is 1.60. The molecule has 0 saturated carbocycles. The summed E-state index contributed by atoms with van der Waals surface area (Å²) in [5.41, 5.74) is 3.23. The summed E-state index contributed by atoms with van der Waals surface area (Å²) in [7, 11) is 0. The number of nitrogens with zero attached hydrogens (tertiary/aromatic N) is 1. The lowest BCUT2D eigenvalue weighted by atomic mass is 10.00. The van der Waals surface area contributed by atoms with Crippen molar-refractivity contribution in [3.05, 3.63) is 87.6 Å². The number of amides is 3. The molecule has 7 nitrogen and oxygen atoms in total. The average molecular weight is 478 g/mol. The van der Waals surface area contributed by atoms with Crippen LogP contribution < -0.4 is 10.6 Å². The molecule has 1 fully saturated rings. The first-order valence-corrected chi connectivity index (χ1v) is 12.1. The first-order chi connectivity index (χ1) is 16.5. The predicted octanol–water partition coefficient (Wildman–Crippen LogP) is 4.90. The van der Waals surface area contributed by atoms with E-state index in [9.17, 15) is 14.4 Å². The van der Waals surface area contributed by atoms with Crippen LogP contribution in [0, 0.1) is 6.92 Å². The van der Waals surface area contributed by atoms with Gasteiger partial charge < -0.3 is 15.4 Å². The van der Waals surface area contributed by atoms with Crippen molar-refractivity contribution in [3.8, 4) is 0 Å². The minimum Gasteiger partial charge on any atom is -0.438 e. The number of nitrogens with one attached hydrogen (secondary N) is 2. The quantitative estimate of drug-likeness (QED) is 0.483. The van der Waals surface area contributed by atoms with E-state index < -0.39 is 18.2 Å². The summed E-state index contributed by atoms with van der Waals surface area (Å²) in [4.78, 5) is 40.6. The number of carbonyl (C=O) groups excluding carboxylic acids is 3. The normalized spacial score (nSPS) is 17.4. The summed E-state index contributed by atoms with van der Waals surface area (Å²) in [6, 6.07) is 17.7. The van der Waals surface area contributed by atoms with Crippen LogP contribution in [0.25, 0.3) is 0 Å². The van der Waals surface area contributed by atoms with Gasteiger partial charge in [0.25, 0.3) is 5.91 Å². The van der Waals surface area contributed by atoms with Crippen LogP contribution in [0.4, 0.5) is 10.5 Å². The predicted molar refractivity (Wildman–Crippen MR) is 132 cm³/mol. The Morgan fingerprint density at radius 1 is 1.09 bits per heavy atom. The first-order valence-electron chi connectivity index (χ1n) is 11.2. The molecule has 0 radical (unpaired) electrons. The molecule has 2 N–H and O–H groups in total. The topological polar surface area (TPSA) is 87.7 Å². The van der Waals surface area contributed by atoms with Gasteiger partial charge in [0.1, 0.15) is 0 Å². The summed E-state index contributed by atoms with van der Waals surface area (Å²) in [5, 5.41) is 7.61. The van der Waals surface area contributed by atoms with E-state index in [1.165, 1.54) is 16.2 Å². The molecule has 1 aliphatic heterocycles. The van der Waals surface area contributed by atoms with Crippen molar-refractivity contribution >= 4 is 34.9 Å². The minimum absolute atomic E-state index is 0.214. The maximum absolute atomic E-state index is 13.2. The Labute approximate surface area is 202 Å². The van der Waals surface area contributed by atoms with Crippen LogP contribution in [0.3, 0.4) is 0 Å². The van der Waals surface area contributed by atoms with Crippen molar-refractivity contribution < 1.29 is 19.1 Å². The van der Waals surface area contributed by atoms with E-state index in [1.807, 2.05) is 49.6 Å². The molecular formula is C26H27N3O4S. The van der Waals surface area contributed by atoms with Gasteiger partial charge in [0.15, 0.2) is 12.1 Å². The molecule has 0 spiro atoms. The molecule has 2 aromatic carbocycles. The van der Waals surface area contributed by atoms with Crippen LogP contribution in [0.1, 0.15) is 45.8 Å². The molecular weight excluding hydrogens is 450 g/mol. The van der Waals surface area contributed by atoms with Gasteiger partial charge in [0.05, 0.1) is 11.4 Å². The molecule has 1 saturated heterocycles. The van der Waals surface area contributed by atoms with E-state index >= 15 is 0 Å². The molecule has 0 bridgehead atoms. The van der Waals surface area contributed by atoms with Crippen LogP contribution in [-0.2, 0) is 16.1 Å².